The molecule has 2 heterocycles. The fourth-order valence-electron chi connectivity index (χ4n) is 2.51. The molecular weight excluding hydrogens is 396 g/mol. The number of H-pyrrole nitrogens is 1. The Morgan fingerprint density at radius 3 is 2.34 bits per heavy atom. The van der Waals surface area contributed by atoms with Crippen molar-refractivity contribution in [3.8, 4) is 11.3 Å². The van der Waals surface area contributed by atoms with E-state index < -0.39 is 0 Å². The Kier molecular flexibility index (Phi) is 5.34. The highest BCUT2D eigenvalue weighted by molar-refractivity contribution is 7.98. The van der Waals surface area contributed by atoms with Crippen LogP contribution in [-0.2, 0) is 5.75 Å². The predicted molar refractivity (Wildman–Crippen MR) is 107 cm³/mol. The monoisotopic (exact) mass is 411 g/mol. The van der Waals surface area contributed by atoms with Crippen LogP contribution in [0.5, 0.6) is 0 Å². The molecule has 0 fully saturated rings. The number of halogens is 2. The second-order valence-electron chi connectivity index (χ2n) is 5.96. The Labute approximate surface area is 168 Å². The Morgan fingerprint density at radius 2 is 1.62 bits per heavy atom. The number of nitrogens with one attached hydrogen (secondary N) is 2. The molecule has 2 aromatic carbocycles. The van der Waals surface area contributed by atoms with Crippen LogP contribution in [0.25, 0.3) is 11.3 Å². The highest BCUT2D eigenvalue weighted by Gasteiger charge is 2.09. The van der Waals surface area contributed by atoms with Crippen LogP contribution in [0.2, 0.25) is 0 Å². The van der Waals surface area contributed by atoms with Gasteiger partial charge in [0, 0.05) is 5.69 Å². The molecule has 0 spiro atoms. The molecule has 4 aromatic rings. The zero-order valence-electron chi connectivity index (χ0n) is 14.9. The molecule has 4 rings (SSSR count). The minimum Gasteiger partial charge on any atom is -0.368 e. The van der Waals surface area contributed by atoms with E-state index >= 15 is 0 Å². The van der Waals surface area contributed by atoms with Crippen molar-refractivity contribution in [2.75, 3.05) is 11.1 Å². The molecule has 0 aliphatic heterocycles. The number of imidazole rings is 1. The Balaban J connectivity index is 1.44. The van der Waals surface area contributed by atoms with Gasteiger partial charge in [-0.15, -0.1) is 0 Å². The predicted octanol–water partition coefficient (Wildman–Crippen LogP) is 4.16. The van der Waals surface area contributed by atoms with Crippen LogP contribution in [0, 0.1) is 11.6 Å². The summed E-state index contributed by atoms with van der Waals surface area (Å²) < 4.78 is 26.1. The average molecular weight is 411 g/mol. The van der Waals surface area contributed by atoms with Crippen molar-refractivity contribution in [3.63, 3.8) is 0 Å². The number of nitrogens with zero attached hydrogens (tertiary/aromatic N) is 4. The van der Waals surface area contributed by atoms with E-state index in [0.717, 1.165) is 11.3 Å². The number of aromatic nitrogens is 5. The van der Waals surface area contributed by atoms with E-state index in [1.165, 1.54) is 36.0 Å². The first-order valence-electron chi connectivity index (χ1n) is 8.52. The van der Waals surface area contributed by atoms with Crippen LogP contribution in [0.4, 0.5) is 26.4 Å². The van der Waals surface area contributed by atoms with Gasteiger partial charge in [-0.25, -0.2) is 13.8 Å². The van der Waals surface area contributed by atoms with Gasteiger partial charge in [0.2, 0.25) is 11.9 Å². The minimum atomic E-state index is -0.332. The quantitative estimate of drug-likeness (QED) is 0.409. The highest BCUT2D eigenvalue weighted by atomic mass is 32.2. The Hall–Kier alpha value is -3.53. The number of nitrogen functional groups attached to an aromatic ring is 1. The second kappa shape index (κ2) is 8.23. The molecule has 7 nitrogen and oxygen atoms in total. The molecule has 0 amide bonds. The fraction of sp³-hybridized carbons (Fsp3) is 0.0526. The fourth-order valence-corrected chi connectivity index (χ4v) is 3.21. The van der Waals surface area contributed by atoms with Gasteiger partial charge >= 0.3 is 0 Å². The van der Waals surface area contributed by atoms with Crippen LogP contribution >= 0.6 is 11.8 Å². The van der Waals surface area contributed by atoms with Crippen molar-refractivity contribution >= 4 is 29.3 Å². The number of benzene rings is 2. The van der Waals surface area contributed by atoms with Crippen molar-refractivity contribution < 1.29 is 8.78 Å². The number of nitrogens with two attached hydrogens (primary N) is 1. The lowest BCUT2D eigenvalue weighted by Gasteiger charge is -2.07. The van der Waals surface area contributed by atoms with E-state index in [1.807, 2.05) is 0 Å². The molecule has 0 saturated heterocycles. The van der Waals surface area contributed by atoms with Crippen molar-refractivity contribution in [3.05, 3.63) is 72.2 Å². The number of hydrogen-bond acceptors (Lipinski definition) is 7. The molecule has 0 saturated carbocycles. The topological polar surface area (TPSA) is 105 Å². The number of thioether (sulfide) groups is 1. The highest BCUT2D eigenvalue weighted by Crippen LogP contribution is 2.24. The number of hydrogen-bond donors (Lipinski definition) is 3. The number of aromatic amines is 1. The van der Waals surface area contributed by atoms with Crippen LogP contribution in [0.15, 0.2) is 59.9 Å². The van der Waals surface area contributed by atoms with E-state index in [1.54, 1.807) is 30.5 Å². The van der Waals surface area contributed by atoms with E-state index in [9.17, 15) is 8.78 Å². The largest absolute Gasteiger partial charge is 0.368 e. The van der Waals surface area contributed by atoms with Gasteiger partial charge in [0.05, 0.1) is 17.6 Å². The van der Waals surface area contributed by atoms with Gasteiger partial charge in [-0.3, -0.25) is 0 Å². The first-order valence-corrected chi connectivity index (χ1v) is 9.50. The van der Waals surface area contributed by atoms with Crippen LogP contribution in [-0.4, -0.2) is 24.9 Å². The molecule has 0 radical (unpaired) electrons. The number of anilines is 3. The van der Waals surface area contributed by atoms with Crippen molar-refractivity contribution in [1.29, 1.82) is 0 Å². The third-order valence-electron chi connectivity index (χ3n) is 3.85. The summed E-state index contributed by atoms with van der Waals surface area (Å²) in [6.07, 6.45) is 1.68. The third-order valence-corrected chi connectivity index (χ3v) is 4.73. The van der Waals surface area contributed by atoms with Gasteiger partial charge < -0.3 is 16.0 Å². The van der Waals surface area contributed by atoms with Crippen LogP contribution in [0.3, 0.4) is 0 Å². The van der Waals surface area contributed by atoms with Gasteiger partial charge in [-0.05, 0) is 54.1 Å². The summed E-state index contributed by atoms with van der Waals surface area (Å²) in [6, 6.07) is 12.0. The summed E-state index contributed by atoms with van der Waals surface area (Å²) >= 11 is 1.39. The van der Waals surface area contributed by atoms with Crippen LogP contribution in [0.1, 0.15) is 5.82 Å². The Bertz CT molecular complexity index is 1110. The Morgan fingerprint density at radius 1 is 0.931 bits per heavy atom. The van der Waals surface area contributed by atoms with Gasteiger partial charge in [-0.2, -0.15) is 15.0 Å². The van der Waals surface area contributed by atoms with Crippen LogP contribution < -0.4 is 11.1 Å². The van der Waals surface area contributed by atoms with Gasteiger partial charge in [-0.1, -0.05) is 11.8 Å². The average Bonchev–Trinajstić information content (AvgIpc) is 3.17. The van der Waals surface area contributed by atoms with Crippen molar-refractivity contribution in [2.24, 2.45) is 0 Å². The first kappa shape index (κ1) is 18.8. The third kappa shape index (κ3) is 4.85. The summed E-state index contributed by atoms with van der Waals surface area (Å²) in [5.74, 6) is 0.590. The van der Waals surface area contributed by atoms with Gasteiger partial charge in [0.1, 0.15) is 17.5 Å². The molecule has 10 heteroatoms. The summed E-state index contributed by atoms with van der Waals surface area (Å²) in [7, 11) is 0. The van der Waals surface area contributed by atoms with Crippen molar-refractivity contribution in [1.82, 2.24) is 24.9 Å². The second-order valence-corrected chi connectivity index (χ2v) is 6.93. The normalized spacial score (nSPS) is 10.8. The summed E-state index contributed by atoms with van der Waals surface area (Å²) in [5.41, 5.74) is 8.02. The van der Waals surface area contributed by atoms with Gasteiger partial charge in [0.25, 0.3) is 0 Å². The summed E-state index contributed by atoms with van der Waals surface area (Å²) in [5, 5.41) is 3.63. The van der Waals surface area contributed by atoms with E-state index in [4.69, 9.17) is 5.73 Å². The molecule has 29 heavy (non-hydrogen) atoms. The lowest BCUT2D eigenvalue weighted by Crippen LogP contribution is -2.06. The number of rotatable bonds is 6. The molecule has 4 N–H and O–H groups in total. The zero-order chi connectivity index (χ0) is 20.2. The molecule has 0 unspecified atom stereocenters. The minimum absolute atomic E-state index is 0.0756. The standard InChI is InChI=1S/C19H15F2N7S/c20-12-3-1-11(2-4-12)15-9-23-19(25-15)29-10-16-26-17(22)28-18(27-16)24-14-7-5-13(21)6-8-14/h1-9H,10H2,(H,23,25)(H3,22,24,26,27,28). The zero-order valence-corrected chi connectivity index (χ0v) is 15.8. The maximum atomic E-state index is 13.1. The molecular formula is C19H15F2N7S. The molecule has 2 aromatic heterocycles. The molecule has 0 aliphatic carbocycles. The first-order chi connectivity index (χ1) is 14.0. The van der Waals surface area contributed by atoms with E-state index in [-0.39, 0.29) is 23.5 Å². The van der Waals surface area contributed by atoms with E-state index in [2.05, 4.69) is 30.2 Å². The summed E-state index contributed by atoms with van der Waals surface area (Å²) in [6.45, 7) is 0. The summed E-state index contributed by atoms with van der Waals surface area (Å²) in [4.78, 5) is 20.0. The van der Waals surface area contributed by atoms with Gasteiger partial charge in [0.15, 0.2) is 5.16 Å². The lowest BCUT2D eigenvalue weighted by molar-refractivity contribution is 0.627. The molecule has 0 aliphatic rings. The molecule has 0 bridgehead atoms. The lowest BCUT2D eigenvalue weighted by atomic mass is 10.2. The van der Waals surface area contributed by atoms with E-state index in [0.29, 0.717) is 22.4 Å². The maximum Gasteiger partial charge on any atom is 0.232 e. The smallest absolute Gasteiger partial charge is 0.232 e. The molecule has 146 valence electrons. The molecule has 0 atom stereocenters. The SMILES string of the molecule is Nc1nc(CSc2ncc(-c3ccc(F)cc3)[nH]2)nc(Nc2ccc(F)cc2)n1. The van der Waals surface area contributed by atoms with Crippen molar-refractivity contribution in [2.45, 2.75) is 10.9 Å². The maximum absolute atomic E-state index is 13.1.